The zero-order chi connectivity index (χ0) is 17.4. The fraction of sp³-hybridized carbons (Fsp3) is 0.474. The highest BCUT2D eigenvalue weighted by Crippen LogP contribution is 2.25. The fourth-order valence-corrected chi connectivity index (χ4v) is 2.50. The minimum Gasteiger partial charge on any atom is -0.490 e. The first-order valence-corrected chi connectivity index (χ1v) is 8.83. The number of nitrogens with one attached hydrogen (secondary N) is 1. The number of halogens is 1. The second kappa shape index (κ2) is 9.84. The quantitative estimate of drug-likeness (QED) is 0.645. The highest BCUT2D eigenvalue weighted by molar-refractivity contribution is 6.18. The number of fused-ring (bicyclic) bond motifs is 1. The van der Waals surface area contributed by atoms with Gasteiger partial charge < -0.3 is 19.9 Å². The molecule has 0 heterocycles. The predicted molar refractivity (Wildman–Crippen MR) is 99.0 cm³/mol. The summed E-state index contributed by atoms with van der Waals surface area (Å²) in [5.41, 5.74) is 0. The summed E-state index contributed by atoms with van der Waals surface area (Å²) in [4.78, 5) is 0. The number of aliphatic hydroxyl groups excluding tert-OH is 1. The zero-order valence-electron chi connectivity index (χ0n) is 14.2. The van der Waals surface area contributed by atoms with Gasteiger partial charge >= 0.3 is 0 Å². The van der Waals surface area contributed by atoms with Crippen molar-refractivity contribution < 1.29 is 14.6 Å². The van der Waals surface area contributed by atoms with Crippen molar-refractivity contribution in [3.05, 3.63) is 42.5 Å². The number of ether oxygens (including phenoxy) is 2. The Morgan fingerprint density at radius 2 is 1.83 bits per heavy atom. The second-order valence-electron chi connectivity index (χ2n) is 6.11. The molecule has 0 amide bonds. The van der Waals surface area contributed by atoms with Crippen molar-refractivity contribution >= 4 is 22.4 Å². The van der Waals surface area contributed by atoms with E-state index in [2.05, 4.69) is 17.4 Å². The predicted octanol–water partition coefficient (Wildman–Crippen LogP) is 3.20. The van der Waals surface area contributed by atoms with Crippen LogP contribution in [0.25, 0.3) is 10.8 Å². The summed E-state index contributed by atoms with van der Waals surface area (Å²) in [6.07, 6.45) is -0.824. The number of alkyl halides is 1. The van der Waals surface area contributed by atoms with Crippen molar-refractivity contribution in [2.75, 3.05) is 25.6 Å². The monoisotopic (exact) mass is 351 g/mol. The maximum atomic E-state index is 9.90. The number of rotatable bonds is 10. The van der Waals surface area contributed by atoms with E-state index in [1.54, 1.807) is 0 Å². The summed E-state index contributed by atoms with van der Waals surface area (Å²) in [6.45, 7) is 5.15. The van der Waals surface area contributed by atoms with E-state index >= 15 is 0 Å². The van der Waals surface area contributed by atoms with E-state index in [0.29, 0.717) is 25.1 Å². The fourth-order valence-electron chi connectivity index (χ4n) is 2.32. The van der Waals surface area contributed by atoms with Gasteiger partial charge in [0.05, 0.1) is 18.6 Å². The van der Waals surface area contributed by atoms with Crippen LogP contribution in [0.4, 0.5) is 0 Å². The van der Waals surface area contributed by atoms with Gasteiger partial charge in [0, 0.05) is 18.0 Å². The van der Waals surface area contributed by atoms with Gasteiger partial charge in [0.15, 0.2) is 0 Å². The van der Waals surface area contributed by atoms with Gasteiger partial charge in [0.2, 0.25) is 0 Å². The third-order valence-corrected chi connectivity index (χ3v) is 3.98. The minimum absolute atomic E-state index is 0.232. The molecule has 0 spiro atoms. The molecular weight excluding hydrogens is 326 g/mol. The second-order valence-corrected chi connectivity index (χ2v) is 6.42. The molecule has 2 rings (SSSR count). The normalized spacial score (nSPS) is 14.0. The van der Waals surface area contributed by atoms with Crippen LogP contribution in [0.15, 0.2) is 42.5 Å². The maximum Gasteiger partial charge on any atom is 0.127 e. The third kappa shape index (κ3) is 5.95. The summed E-state index contributed by atoms with van der Waals surface area (Å²) in [6, 6.07) is 14.4. The first-order chi connectivity index (χ1) is 11.6. The summed E-state index contributed by atoms with van der Waals surface area (Å²) >= 11 is 5.96. The van der Waals surface area contributed by atoms with Crippen LogP contribution in [-0.2, 0) is 4.74 Å². The summed E-state index contributed by atoms with van der Waals surface area (Å²) in [7, 11) is 0. The zero-order valence-corrected chi connectivity index (χ0v) is 15.0. The molecule has 0 aliphatic rings. The summed E-state index contributed by atoms with van der Waals surface area (Å²) in [5.74, 6) is 1.13. The molecule has 0 bridgehead atoms. The molecule has 132 valence electrons. The van der Waals surface area contributed by atoms with Crippen molar-refractivity contribution in [2.45, 2.75) is 32.1 Å². The Morgan fingerprint density at radius 3 is 2.58 bits per heavy atom. The van der Waals surface area contributed by atoms with E-state index in [4.69, 9.17) is 21.1 Å². The van der Waals surface area contributed by atoms with Crippen LogP contribution in [0.5, 0.6) is 5.75 Å². The Hall–Kier alpha value is -1.33. The number of hydrogen-bond acceptors (Lipinski definition) is 4. The molecule has 0 aliphatic heterocycles. The Kier molecular flexibility index (Phi) is 7.79. The molecule has 0 radical (unpaired) electrons. The Balaban J connectivity index is 1.84. The lowest BCUT2D eigenvalue weighted by Crippen LogP contribution is -2.36. The molecule has 2 aromatic rings. The van der Waals surface area contributed by atoms with Crippen molar-refractivity contribution in [2.24, 2.45) is 0 Å². The largest absolute Gasteiger partial charge is 0.490 e. The molecule has 0 saturated heterocycles. The van der Waals surface area contributed by atoms with Gasteiger partial charge in [0.1, 0.15) is 18.5 Å². The van der Waals surface area contributed by atoms with Crippen LogP contribution in [-0.4, -0.2) is 49.0 Å². The smallest absolute Gasteiger partial charge is 0.127 e. The van der Waals surface area contributed by atoms with Gasteiger partial charge in [-0.2, -0.15) is 0 Å². The lowest BCUT2D eigenvalue weighted by atomic mass is 10.1. The van der Waals surface area contributed by atoms with E-state index in [1.165, 1.54) is 0 Å². The first kappa shape index (κ1) is 19.0. The van der Waals surface area contributed by atoms with Crippen molar-refractivity contribution in [1.29, 1.82) is 0 Å². The molecule has 5 heteroatoms. The number of hydrogen-bond donors (Lipinski definition) is 2. The Morgan fingerprint density at radius 1 is 1.08 bits per heavy atom. The van der Waals surface area contributed by atoms with E-state index in [9.17, 15) is 5.11 Å². The van der Waals surface area contributed by atoms with Gasteiger partial charge in [-0.15, -0.1) is 11.6 Å². The Bertz CT molecular complexity index is 615. The van der Waals surface area contributed by atoms with Gasteiger partial charge in [0.25, 0.3) is 0 Å². The summed E-state index contributed by atoms with van der Waals surface area (Å²) < 4.78 is 11.6. The average molecular weight is 352 g/mol. The number of benzene rings is 2. The van der Waals surface area contributed by atoms with Gasteiger partial charge in [-0.1, -0.05) is 50.2 Å². The standard InChI is InChI=1S/C19H26ClNO3/c1-14(2)21-11-16(22)12-23-17(10-20)13-24-19-9-5-7-15-6-3-4-8-18(15)19/h3-9,14,16-17,21-22H,10-13H2,1-2H3. The van der Waals surface area contributed by atoms with Crippen LogP contribution in [0.2, 0.25) is 0 Å². The average Bonchev–Trinajstić information content (AvgIpc) is 2.60. The van der Waals surface area contributed by atoms with Gasteiger partial charge in [-0.25, -0.2) is 0 Å². The number of aliphatic hydroxyl groups is 1. The van der Waals surface area contributed by atoms with Gasteiger partial charge in [-0.05, 0) is 11.5 Å². The van der Waals surface area contributed by atoms with Crippen LogP contribution in [0, 0.1) is 0 Å². The molecule has 0 saturated carbocycles. The molecule has 2 unspecified atom stereocenters. The van der Waals surface area contributed by atoms with Crippen molar-refractivity contribution in [3.63, 3.8) is 0 Å². The van der Waals surface area contributed by atoms with Gasteiger partial charge in [-0.3, -0.25) is 0 Å². The van der Waals surface area contributed by atoms with Crippen LogP contribution >= 0.6 is 11.6 Å². The Labute approximate surface area is 148 Å². The highest BCUT2D eigenvalue weighted by Gasteiger charge is 2.13. The van der Waals surface area contributed by atoms with Crippen LogP contribution < -0.4 is 10.1 Å². The first-order valence-electron chi connectivity index (χ1n) is 8.29. The van der Waals surface area contributed by atoms with E-state index in [-0.39, 0.29) is 12.7 Å². The third-order valence-electron chi connectivity index (χ3n) is 3.63. The lowest BCUT2D eigenvalue weighted by molar-refractivity contribution is -0.0170. The van der Waals surface area contributed by atoms with Crippen molar-refractivity contribution in [1.82, 2.24) is 5.32 Å². The molecule has 2 aromatic carbocycles. The lowest BCUT2D eigenvalue weighted by Gasteiger charge is -2.20. The van der Waals surface area contributed by atoms with E-state index in [1.807, 2.05) is 44.2 Å². The molecule has 0 aromatic heterocycles. The molecule has 0 fully saturated rings. The molecule has 2 N–H and O–H groups in total. The minimum atomic E-state index is -0.560. The molecular formula is C19H26ClNO3. The topological polar surface area (TPSA) is 50.7 Å². The maximum absolute atomic E-state index is 9.90. The molecule has 4 nitrogen and oxygen atoms in total. The summed E-state index contributed by atoms with van der Waals surface area (Å²) in [5, 5.41) is 15.3. The molecule has 2 atom stereocenters. The SMILES string of the molecule is CC(C)NCC(O)COC(CCl)COc1cccc2ccccc12. The van der Waals surface area contributed by atoms with E-state index < -0.39 is 6.10 Å². The van der Waals surface area contributed by atoms with Crippen LogP contribution in [0.3, 0.4) is 0 Å². The molecule has 0 aliphatic carbocycles. The van der Waals surface area contributed by atoms with E-state index in [0.717, 1.165) is 16.5 Å². The molecule has 24 heavy (non-hydrogen) atoms. The van der Waals surface area contributed by atoms with Crippen LogP contribution in [0.1, 0.15) is 13.8 Å². The highest BCUT2D eigenvalue weighted by atomic mass is 35.5. The van der Waals surface area contributed by atoms with Crippen molar-refractivity contribution in [3.8, 4) is 5.75 Å².